The molecule has 2 atom stereocenters. The number of carbonyl (C=O) groups is 1. The normalized spacial score (nSPS) is 18.6. The highest BCUT2D eigenvalue weighted by atomic mass is 32.2. The van der Waals surface area contributed by atoms with E-state index in [1.807, 2.05) is 38.1 Å². The summed E-state index contributed by atoms with van der Waals surface area (Å²) in [6.07, 6.45) is 1.21. The molecule has 3 rings (SSSR count). The summed E-state index contributed by atoms with van der Waals surface area (Å²) in [5.41, 5.74) is 1.14. The standard InChI is InChI=1S/C22H27FN2O4S/c1-16-5-9-20(10-6-16)29-15-17(2)24-22(26)18-4-3-13-25(14-18)30(27,28)21-11-7-19(23)8-12-21/h5-12,17-18H,3-4,13-15H2,1-2H3,(H,24,26). The van der Waals surface area contributed by atoms with Gasteiger partial charge in [0.15, 0.2) is 0 Å². The zero-order valence-electron chi connectivity index (χ0n) is 17.2. The van der Waals surface area contributed by atoms with Crippen molar-refractivity contribution in [1.82, 2.24) is 9.62 Å². The number of aryl methyl sites for hydroxylation is 1. The van der Waals surface area contributed by atoms with Crippen molar-refractivity contribution in [2.24, 2.45) is 5.92 Å². The molecule has 8 heteroatoms. The quantitative estimate of drug-likeness (QED) is 0.727. The lowest BCUT2D eigenvalue weighted by molar-refractivity contribution is -0.126. The van der Waals surface area contributed by atoms with Crippen LogP contribution in [0, 0.1) is 18.7 Å². The molecular formula is C22H27FN2O4S. The lowest BCUT2D eigenvalue weighted by Crippen LogP contribution is -2.48. The van der Waals surface area contributed by atoms with Gasteiger partial charge in [-0.3, -0.25) is 4.79 Å². The third-order valence-corrected chi connectivity index (χ3v) is 7.00. The lowest BCUT2D eigenvalue weighted by atomic mass is 9.98. The Hall–Kier alpha value is -2.45. The Morgan fingerprint density at radius 1 is 1.20 bits per heavy atom. The Kier molecular flexibility index (Phi) is 7.10. The second-order valence-corrected chi connectivity index (χ2v) is 9.63. The molecule has 6 nitrogen and oxygen atoms in total. The van der Waals surface area contributed by atoms with Crippen LogP contribution in [-0.4, -0.2) is 44.4 Å². The maximum Gasteiger partial charge on any atom is 0.243 e. The molecule has 0 spiro atoms. The molecule has 30 heavy (non-hydrogen) atoms. The van der Waals surface area contributed by atoms with Crippen molar-refractivity contribution in [3.05, 3.63) is 59.9 Å². The van der Waals surface area contributed by atoms with Crippen LogP contribution in [-0.2, 0) is 14.8 Å². The van der Waals surface area contributed by atoms with Crippen LogP contribution in [0.1, 0.15) is 25.3 Å². The van der Waals surface area contributed by atoms with Crippen molar-refractivity contribution in [1.29, 1.82) is 0 Å². The van der Waals surface area contributed by atoms with E-state index in [0.29, 0.717) is 26.0 Å². The third-order valence-electron chi connectivity index (χ3n) is 5.12. The molecule has 2 aromatic rings. The number of piperidine rings is 1. The number of sulfonamides is 1. The van der Waals surface area contributed by atoms with E-state index < -0.39 is 21.8 Å². The SMILES string of the molecule is Cc1ccc(OCC(C)NC(=O)C2CCCN(S(=O)(=O)c3ccc(F)cc3)C2)cc1. The van der Waals surface area contributed by atoms with Gasteiger partial charge in [0.25, 0.3) is 0 Å². The Morgan fingerprint density at radius 2 is 1.87 bits per heavy atom. The summed E-state index contributed by atoms with van der Waals surface area (Å²) in [6, 6.07) is 12.2. The Morgan fingerprint density at radius 3 is 2.53 bits per heavy atom. The van der Waals surface area contributed by atoms with Crippen LogP contribution in [0.2, 0.25) is 0 Å². The van der Waals surface area contributed by atoms with Crippen LogP contribution in [0.4, 0.5) is 4.39 Å². The topological polar surface area (TPSA) is 75.7 Å². The predicted octanol–water partition coefficient (Wildman–Crippen LogP) is 3.12. The summed E-state index contributed by atoms with van der Waals surface area (Å²) in [5, 5.41) is 2.92. The summed E-state index contributed by atoms with van der Waals surface area (Å²) in [6.45, 7) is 4.62. The number of carbonyl (C=O) groups excluding carboxylic acids is 1. The van der Waals surface area contributed by atoms with Gasteiger partial charge in [-0.05, 0) is 63.1 Å². The number of hydrogen-bond donors (Lipinski definition) is 1. The van der Waals surface area contributed by atoms with Crippen LogP contribution in [0.3, 0.4) is 0 Å². The zero-order valence-corrected chi connectivity index (χ0v) is 18.0. The van der Waals surface area contributed by atoms with Crippen LogP contribution >= 0.6 is 0 Å². The molecule has 1 N–H and O–H groups in total. The molecule has 1 fully saturated rings. The minimum Gasteiger partial charge on any atom is -0.491 e. The maximum absolute atomic E-state index is 13.1. The molecule has 1 amide bonds. The number of hydrogen-bond acceptors (Lipinski definition) is 4. The fourth-order valence-corrected chi connectivity index (χ4v) is 4.91. The number of ether oxygens (including phenoxy) is 1. The van der Waals surface area contributed by atoms with Gasteiger partial charge in [0, 0.05) is 13.1 Å². The first kappa shape index (κ1) is 22.2. The van der Waals surface area contributed by atoms with Crippen LogP contribution in [0.25, 0.3) is 0 Å². The highest BCUT2D eigenvalue weighted by molar-refractivity contribution is 7.89. The van der Waals surface area contributed by atoms with Crippen molar-refractivity contribution in [3.63, 3.8) is 0 Å². The van der Waals surface area contributed by atoms with Crippen molar-refractivity contribution < 1.29 is 22.3 Å². The Bertz CT molecular complexity index is 962. The highest BCUT2D eigenvalue weighted by Crippen LogP contribution is 2.24. The van der Waals surface area contributed by atoms with Gasteiger partial charge in [-0.2, -0.15) is 4.31 Å². The summed E-state index contributed by atoms with van der Waals surface area (Å²) >= 11 is 0. The van der Waals surface area contributed by atoms with Gasteiger partial charge in [-0.15, -0.1) is 0 Å². The molecule has 2 unspecified atom stereocenters. The molecule has 0 aromatic heterocycles. The Balaban J connectivity index is 1.55. The van der Waals surface area contributed by atoms with Gasteiger partial charge in [0.1, 0.15) is 18.2 Å². The molecule has 0 bridgehead atoms. The smallest absolute Gasteiger partial charge is 0.243 e. The fraction of sp³-hybridized carbons (Fsp3) is 0.409. The highest BCUT2D eigenvalue weighted by Gasteiger charge is 2.33. The molecule has 1 aliphatic heterocycles. The van der Waals surface area contributed by atoms with Gasteiger partial charge in [-0.1, -0.05) is 17.7 Å². The van der Waals surface area contributed by atoms with Crippen molar-refractivity contribution >= 4 is 15.9 Å². The number of nitrogens with one attached hydrogen (secondary N) is 1. The average Bonchev–Trinajstić information content (AvgIpc) is 2.74. The first-order chi connectivity index (χ1) is 14.3. The first-order valence-electron chi connectivity index (χ1n) is 10.0. The zero-order chi connectivity index (χ0) is 21.7. The fourth-order valence-electron chi connectivity index (χ4n) is 3.39. The Labute approximate surface area is 177 Å². The minimum atomic E-state index is -3.76. The molecule has 1 heterocycles. The van der Waals surface area contributed by atoms with E-state index in [1.165, 1.54) is 16.4 Å². The van der Waals surface area contributed by atoms with Crippen molar-refractivity contribution in [3.8, 4) is 5.75 Å². The number of rotatable bonds is 7. The molecular weight excluding hydrogens is 407 g/mol. The molecule has 0 aliphatic carbocycles. The largest absolute Gasteiger partial charge is 0.491 e. The second kappa shape index (κ2) is 9.57. The van der Waals surface area contributed by atoms with E-state index in [2.05, 4.69) is 5.32 Å². The molecule has 0 saturated carbocycles. The predicted molar refractivity (Wildman–Crippen MR) is 112 cm³/mol. The van der Waals surface area contributed by atoms with Gasteiger partial charge in [0.05, 0.1) is 16.9 Å². The van der Waals surface area contributed by atoms with E-state index in [0.717, 1.165) is 23.4 Å². The van der Waals surface area contributed by atoms with Crippen molar-refractivity contribution in [2.45, 2.75) is 37.6 Å². The van der Waals surface area contributed by atoms with E-state index >= 15 is 0 Å². The number of nitrogens with zero attached hydrogens (tertiary/aromatic N) is 1. The maximum atomic E-state index is 13.1. The van der Waals surface area contributed by atoms with E-state index in [-0.39, 0.29) is 23.4 Å². The average molecular weight is 435 g/mol. The monoisotopic (exact) mass is 434 g/mol. The lowest BCUT2D eigenvalue weighted by Gasteiger charge is -2.31. The van der Waals surface area contributed by atoms with E-state index in [4.69, 9.17) is 4.74 Å². The van der Waals surface area contributed by atoms with Gasteiger partial charge < -0.3 is 10.1 Å². The summed E-state index contributed by atoms with van der Waals surface area (Å²) in [7, 11) is -3.76. The molecule has 2 aromatic carbocycles. The van der Waals surface area contributed by atoms with Crippen LogP contribution in [0.15, 0.2) is 53.4 Å². The third kappa shape index (κ3) is 5.58. The number of amides is 1. The second-order valence-electron chi connectivity index (χ2n) is 7.69. The molecule has 1 saturated heterocycles. The van der Waals surface area contributed by atoms with Gasteiger partial charge >= 0.3 is 0 Å². The summed E-state index contributed by atoms with van der Waals surface area (Å²) in [5.74, 6) is -0.382. The summed E-state index contributed by atoms with van der Waals surface area (Å²) in [4.78, 5) is 12.7. The number of benzene rings is 2. The summed E-state index contributed by atoms with van der Waals surface area (Å²) < 4.78 is 45.8. The van der Waals surface area contributed by atoms with Gasteiger partial charge in [0.2, 0.25) is 15.9 Å². The van der Waals surface area contributed by atoms with Crippen LogP contribution in [0.5, 0.6) is 5.75 Å². The first-order valence-corrected chi connectivity index (χ1v) is 11.5. The van der Waals surface area contributed by atoms with Crippen LogP contribution < -0.4 is 10.1 Å². The molecule has 1 aliphatic rings. The number of halogens is 1. The molecule has 162 valence electrons. The van der Waals surface area contributed by atoms with E-state index in [1.54, 1.807) is 0 Å². The molecule has 0 radical (unpaired) electrons. The van der Waals surface area contributed by atoms with Crippen molar-refractivity contribution in [2.75, 3.05) is 19.7 Å². The van der Waals surface area contributed by atoms with E-state index in [9.17, 15) is 17.6 Å². The minimum absolute atomic E-state index is 0.0322. The van der Waals surface area contributed by atoms with Gasteiger partial charge in [-0.25, -0.2) is 12.8 Å².